The van der Waals surface area contributed by atoms with Crippen LogP contribution in [0, 0.1) is 0 Å². The highest BCUT2D eigenvalue weighted by atomic mass is 32.2. The van der Waals surface area contributed by atoms with E-state index in [4.69, 9.17) is 0 Å². The third-order valence-electron chi connectivity index (χ3n) is 3.17. The summed E-state index contributed by atoms with van der Waals surface area (Å²) in [6.07, 6.45) is 0. The fraction of sp³-hybridized carbons (Fsp3) is 0.667. The van der Waals surface area contributed by atoms with Crippen LogP contribution in [0.5, 0.6) is 0 Å². The van der Waals surface area contributed by atoms with Crippen LogP contribution in [-0.2, 0) is 16.8 Å². The van der Waals surface area contributed by atoms with Gasteiger partial charge in [0, 0.05) is 43.6 Å². The predicted octanol–water partition coefficient (Wildman–Crippen LogP) is 1.11. The molecule has 0 atom stereocenters. The van der Waals surface area contributed by atoms with Gasteiger partial charge in [-0.2, -0.15) is 17.0 Å². The van der Waals surface area contributed by atoms with Crippen molar-refractivity contribution in [1.29, 1.82) is 0 Å². The molecule has 1 aliphatic heterocycles. The van der Waals surface area contributed by atoms with Crippen LogP contribution in [0.3, 0.4) is 0 Å². The molecular formula is C12H21N3O2S2. The number of nitrogens with one attached hydrogen (secondary N) is 1. The van der Waals surface area contributed by atoms with Gasteiger partial charge in [-0.3, -0.25) is 0 Å². The van der Waals surface area contributed by atoms with Gasteiger partial charge >= 0.3 is 0 Å². The van der Waals surface area contributed by atoms with Crippen molar-refractivity contribution in [2.75, 3.05) is 26.2 Å². The minimum Gasteiger partial charge on any atom is -0.314 e. The smallest absolute Gasteiger partial charge is 0.282 e. The Kier molecular flexibility index (Phi) is 4.97. The summed E-state index contributed by atoms with van der Waals surface area (Å²) in [4.78, 5) is 1.08. The maximum absolute atomic E-state index is 12.7. The molecule has 1 fully saturated rings. The first-order valence-corrected chi connectivity index (χ1v) is 8.79. The average molecular weight is 303 g/mol. The fourth-order valence-corrected chi connectivity index (χ4v) is 4.67. The summed E-state index contributed by atoms with van der Waals surface area (Å²) in [7, 11) is -3.37. The van der Waals surface area contributed by atoms with Gasteiger partial charge in [0.25, 0.3) is 10.2 Å². The molecule has 2 rings (SSSR count). The Labute approximate surface area is 119 Å². The van der Waals surface area contributed by atoms with Crippen LogP contribution < -0.4 is 5.32 Å². The highest BCUT2D eigenvalue weighted by Crippen LogP contribution is 2.19. The molecule has 1 aliphatic rings. The Bertz CT molecular complexity index is 479. The van der Waals surface area contributed by atoms with Gasteiger partial charge in [0.05, 0.1) is 0 Å². The van der Waals surface area contributed by atoms with E-state index in [1.165, 1.54) is 0 Å². The third kappa shape index (κ3) is 3.55. The molecule has 2 heterocycles. The SMILES string of the molecule is CC(C)N(Cc1cccs1)S(=O)(=O)N1CCNCC1. The second-order valence-electron chi connectivity index (χ2n) is 4.88. The minimum absolute atomic E-state index is 0.0398. The molecule has 0 amide bonds. The molecule has 1 aromatic rings. The molecule has 108 valence electrons. The molecule has 5 nitrogen and oxygen atoms in total. The zero-order chi connectivity index (χ0) is 13.9. The molecular weight excluding hydrogens is 282 g/mol. The first kappa shape index (κ1) is 14.9. The Balaban J connectivity index is 2.17. The summed E-state index contributed by atoms with van der Waals surface area (Å²) in [5, 5.41) is 5.16. The monoisotopic (exact) mass is 303 g/mol. The topological polar surface area (TPSA) is 52.7 Å². The number of rotatable bonds is 5. The minimum atomic E-state index is -3.37. The van der Waals surface area contributed by atoms with Crippen LogP contribution in [-0.4, -0.2) is 49.2 Å². The maximum atomic E-state index is 12.7. The second kappa shape index (κ2) is 6.32. The Morgan fingerprint density at radius 3 is 2.63 bits per heavy atom. The van der Waals surface area contributed by atoms with E-state index in [1.54, 1.807) is 19.9 Å². The van der Waals surface area contributed by atoms with Crippen LogP contribution in [0.4, 0.5) is 0 Å². The summed E-state index contributed by atoms with van der Waals surface area (Å²) >= 11 is 1.59. The van der Waals surface area contributed by atoms with E-state index in [1.807, 2.05) is 31.4 Å². The number of nitrogens with zero attached hydrogens (tertiary/aromatic N) is 2. The van der Waals surface area contributed by atoms with E-state index in [9.17, 15) is 8.42 Å². The van der Waals surface area contributed by atoms with Crippen LogP contribution >= 0.6 is 11.3 Å². The van der Waals surface area contributed by atoms with Gasteiger partial charge in [0.1, 0.15) is 0 Å². The highest BCUT2D eigenvalue weighted by molar-refractivity contribution is 7.86. The molecule has 1 N–H and O–H groups in total. The van der Waals surface area contributed by atoms with E-state index in [0.717, 1.165) is 18.0 Å². The van der Waals surface area contributed by atoms with Gasteiger partial charge < -0.3 is 5.32 Å². The largest absolute Gasteiger partial charge is 0.314 e. The lowest BCUT2D eigenvalue weighted by Crippen LogP contribution is -2.53. The Hall–Kier alpha value is -0.470. The summed E-state index contributed by atoms with van der Waals surface area (Å²) < 4.78 is 28.5. The first-order chi connectivity index (χ1) is 9.01. The van der Waals surface area contributed by atoms with Crippen LogP contribution in [0.2, 0.25) is 0 Å². The van der Waals surface area contributed by atoms with Crippen LogP contribution in [0.25, 0.3) is 0 Å². The van der Waals surface area contributed by atoms with Crippen molar-refractivity contribution in [3.05, 3.63) is 22.4 Å². The van der Waals surface area contributed by atoms with Gasteiger partial charge in [0.15, 0.2) is 0 Å². The quantitative estimate of drug-likeness (QED) is 0.886. The van der Waals surface area contributed by atoms with E-state index >= 15 is 0 Å². The summed E-state index contributed by atoms with van der Waals surface area (Å²) in [6, 6.07) is 3.89. The summed E-state index contributed by atoms with van der Waals surface area (Å²) in [6.45, 7) is 6.86. The Morgan fingerprint density at radius 1 is 1.42 bits per heavy atom. The number of hydrogen-bond donors (Lipinski definition) is 1. The van der Waals surface area contributed by atoms with Crippen molar-refractivity contribution in [3.63, 3.8) is 0 Å². The van der Waals surface area contributed by atoms with Gasteiger partial charge in [0.2, 0.25) is 0 Å². The van der Waals surface area contributed by atoms with Gasteiger partial charge in [-0.1, -0.05) is 6.07 Å². The molecule has 7 heteroatoms. The van der Waals surface area contributed by atoms with E-state index < -0.39 is 10.2 Å². The molecule has 0 aliphatic carbocycles. The number of hydrogen-bond acceptors (Lipinski definition) is 4. The van der Waals surface area contributed by atoms with Gasteiger partial charge in [-0.15, -0.1) is 11.3 Å². The second-order valence-corrected chi connectivity index (χ2v) is 7.79. The van der Waals surface area contributed by atoms with E-state index in [-0.39, 0.29) is 6.04 Å². The zero-order valence-corrected chi connectivity index (χ0v) is 13.0. The average Bonchev–Trinajstić information content (AvgIpc) is 2.89. The molecule has 1 saturated heterocycles. The fourth-order valence-electron chi connectivity index (χ4n) is 2.11. The van der Waals surface area contributed by atoms with Crippen molar-refractivity contribution < 1.29 is 8.42 Å². The molecule has 0 aromatic carbocycles. The molecule has 0 unspecified atom stereocenters. The van der Waals surface area contributed by atoms with Crippen molar-refractivity contribution >= 4 is 21.5 Å². The normalized spacial score (nSPS) is 18.3. The van der Waals surface area contributed by atoms with E-state index in [0.29, 0.717) is 19.6 Å². The van der Waals surface area contributed by atoms with Crippen molar-refractivity contribution in [2.24, 2.45) is 0 Å². The zero-order valence-electron chi connectivity index (χ0n) is 11.4. The van der Waals surface area contributed by atoms with Gasteiger partial charge in [-0.05, 0) is 25.3 Å². The standard InChI is InChI=1S/C12H21N3O2S2/c1-11(2)15(10-12-4-3-9-18-12)19(16,17)14-7-5-13-6-8-14/h3-4,9,11,13H,5-8,10H2,1-2H3. The molecule has 1 aromatic heterocycles. The van der Waals surface area contributed by atoms with Crippen molar-refractivity contribution in [1.82, 2.24) is 13.9 Å². The number of piperazine rings is 1. The predicted molar refractivity (Wildman–Crippen MR) is 78.4 cm³/mol. The lowest BCUT2D eigenvalue weighted by Gasteiger charge is -2.34. The molecule has 0 saturated carbocycles. The first-order valence-electron chi connectivity index (χ1n) is 6.52. The molecule has 0 radical (unpaired) electrons. The van der Waals surface area contributed by atoms with Crippen molar-refractivity contribution in [2.45, 2.75) is 26.4 Å². The molecule has 19 heavy (non-hydrogen) atoms. The summed E-state index contributed by atoms with van der Waals surface area (Å²) in [5.74, 6) is 0. The summed E-state index contributed by atoms with van der Waals surface area (Å²) in [5.41, 5.74) is 0. The maximum Gasteiger partial charge on any atom is 0.282 e. The number of thiophene rings is 1. The van der Waals surface area contributed by atoms with E-state index in [2.05, 4.69) is 5.32 Å². The van der Waals surface area contributed by atoms with Crippen LogP contribution in [0.1, 0.15) is 18.7 Å². The van der Waals surface area contributed by atoms with Gasteiger partial charge in [-0.25, -0.2) is 0 Å². The lowest BCUT2D eigenvalue weighted by molar-refractivity contribution is 0.284. The molecule has 0 bridgehead atoms. The van der Waals surface area contributed by atoms with Crippen LogP contribution in [0.15, 0.2) is 17.5 Å². The Morgan fingerprint density at radius 2 is 2.11 bits per heavy atom. The highest BCUT2D eigenvalue weighted by Gasteiger charge is 2.32. The third-order valence-corrected chi connectivity index (χ3v) is 6.19. The molecule has 0 spiro atoms. The van der Waals surface area contributed by atoms with Crippen molar-refractivity contribution in [3.8, 4) is 0 Å². The lowest BCUT2D eigenvalue weighted by atomic mass is 10.4.